The van der Waals surface area contributed by atoms with Crippen molar-refractivity contribution in [3.8, 4) is 0 Å². The Kier molecular flexibility index (Phi) is 6.31. The summed E-state index contributed by atoms with van der Waals surface area (Å²) in [6, 6.07) is 11.4. The molecular weight excluding hydrogens is 298 g/mol. The summed E-state index contributed by atoms with van der Waals surface area (Å²) < 4.78 is 5.92. The SMILES string of the molecule is CCC[C@@H]1C(O)[C@@H](C)[C@@H](CCOCc2ccccc2)N2CCC[C@@H]12. The van der Waals surface area contributed by atoms with E-state index >= 15 is 0 Å². The predicted octanol–water partition coefficient (Wildman–Crippen LogP) is 3.85. The van der Waals surface area contributed by atoms with Gasteiger partial charge in [0.1, 0.15) is 0 Å². The topological polar surface area (TPSA) is 32.7 Å². The summed E-state index contributed by atoms with van der Waals surface area (Å²) in [4.78, 5) is 2.70. The van der Waals surface area contributed by atoms with Gasteiger partial charge in [0.25, 0.3) is 0 Å². The van der Waals surface area contributed by atoms with Crippen molar-refractivity contribution in [1.29, 1.82) is 0 Å². The number of nitrogens with zero attached hydrogens (tertiary/aromatic N) is 1. The van der Waals surface area contributed by atoms with Gasteiger partial charge in [-0.2, -0.15) is 0 Å². The fourth-order valence-electron chi connectivity index (χ4n) is 4.93. The lowest BCUT2D eigenvalue weighted by Crippen LogP contribution is -2.58. The van der Waals surface area contributed by atoms with Crippen molar-refractivity contribution in [3.63, 3.8) is 0 Å². The van der Waals surface area contributed by atoms with Gasteiger partial charge < -0.3 is 9.84 Å². The molecule has 3 heteroatoms. The third kappa shape index (κ3) is 3.84. The van der Waals surface area contributed by atoms with Crippen LogP contribution in [0.2, 0.25) is 0 Å². The van der Waals surface area contributed by atoms with Crippen molar-refractivity contribution in [2.24, 2.45) is 11.8 Å². The first kappa shape index (κ1) is 17.9. The second kappa shape index (κ2) is 8.46. The Labute approximate surface area is 147 Å². The number of rotatable bonds is 7. The van der Waals surface area contributed by atoms with E-state index in [2.05, 4.69) is 43.0 Å². The summed E-state index contributed by atoms with van der Waals surface area (Å²) >= 11 is 0. The molecule has 1 unspecified atom stereocenters. The van der Waals surface area contributed by atoms with Crippen LogP contribution in [-0.4, -0.2) is 41.3 Å². The maximum Gasteiger partial charge on any atom is 0.0716 e. The predicted molar refractivity (Wildman–Crippen MR) is 97.8 cm³/mol. The average molecular weight is 332 g/mol. The zero-order chi connectivity index (χ0) is 16.9. The van der Waals surface area contributed by atoms with Crippen LogP contribution in [-0.2, 0) is 11.3 Å². The van der Waals surface area contributed by atoms with E-state index in [4.69, 9.17) is 4.74 Å². The van der Waals surface area contributed by atoms with Crippen LogP contribution in [0.3, 0.4) is 0 Å². The molecule has 0 aromatic heterocycles. The first-order chi connectivity index (χ1) is 11.7. The number of aliphatic hydroxyl groups excluding tert-OH is 1. The molecule has 2 aliphatic heterocycles. The first-order valence-corrected chi connectivity index (χ1v) is 9.77. The minimum Gasteiger partial charge on any atom is -0.392 e. The van der Waals surface area contributed by atoms with E-state index in [1.54, 1.807) is 0 Å². The lowest BCUT2D eigenvalue weighted by molar-refractivity contribution is -0.0832. The van der Waals surface area contributed by atoms with Crippen molar-refractivity contribution < 1.29 is 9.84 Å². The van der Waals surface area contributed by atoms with Crippen molar-refractivity contribution >= 4 is 0 Å². The highest BCUT2D eigenvalue weighted by atomic mass is 16.5. The lowest BCUT2D eigenvalue weighted by Gasteiger charge is -2.49. The molecule has 3 rings (SSSR count). The zero-order valence-corrected chi connectivity index (χ0v) is 15.2. The van der Waals surface area contributed by atoms with Gasteiger partial charge in [-0.05, 0) is 43.7 Å². The quantitative estimate of drug-likeness (QED) is 0.770. The van der Waals surface area contributed by atoms with E-state index in [0.717, 1.165) is 19.4 Å². The van der Waals surface area contributed by atoms with Crippen molar-refractivity contribution in [2.45, 2.75) is 70.7 Å². The number of benzene rings is 1. The molecule has 1 aromatic carbocycles. The van der Waals surface area contributed by atoms with Crippen LogP contribution in [0, 0.1) is 11.8 Å². The average Bonchev–Trinajstić information content (AvgIpc) is 3.08. The third-order valence-electron chi connectivity index (χ3n) is 6.14. The normalized spacial score (nSPS) is 33.5. The minimum absolute atomic E-state index is 0.150. The third-order valence-corrected chi connectivity index (χ3v) is 6.14. The largest absolute Gasteiger partial charge is 0.392 e. The molecule has 2 saturated heterocycles. The van der Waals surface area contributed by atoms with Gasteiger partial charge in [-0.25, -0.2) is 0 Å². The summed E-state index contributed by atoms with van der Waals surface area (Å²) in [7, 11) is 0. The van der Waals surface area contributed by atoms with E-state index in [0.29, 0.717) is 30.5 Å². The van der Waals surface area contributed by atoms with Crippen LogP contribution in [0.5, 0.6) is 0 Å². The van der Waals surface area contributed by atoms with Gasteiger partial charge in [-0.3, -0.25) is 4.90 Å². The maximum absolute atomic E-state index is 10.9. The van der Waals surface area contributed by atoms with E-state index in [-0.39, 0.29) is 6.10 Å². The highest BCUT2D eigenvalue weighted by Gasteiger charge is 2.47. The molecule has 24 heavy (non-hydrogen) atoms. The molecule has 2 aliphatic rings. The first-order valence-electron chi connectivity index (χ1n) is 9.77. The number of hydrogen-bond donors (Lipinski definition) is 1. The van der Waals surface area contributed by atoms with Crippen LogP contribution < -0.4 is 0 Å². The molecular formula is C21H33NO2. The molecule has 2 heterocycles. The van der Waals surface area contributed by atoms with Crippen molar-refractivity contribution in [1.82, 2.24) is 4.90 Å². The van der Waals surface area contributed by atoms with Gasteiger partial charge in [0.05, 0.1) is 12.7 Å². The van der Waals surface area contributed by atoms with E-state index in [1.165, 1.54) is 31.4 Å². The molecule has 1 aromatic rings. The second-order valence-corrected chi connectivity index (χ2v) is 7.64. The standard InChI is InChI=1S/C21H33NO2/c1-3-8-18-20-11-7-13-22(20)19(16(2)21(18)23)12-14-24-15-17-9-5-4-6-10-17/h4-6,9-10,16,18-21,23H,3,7-8,11-15H2,1-2H3/t16-,18-,19+,20-,21?/m0/s1. The summed E-state index contributed by atoms with van der Waals surface area (Å²) in [6.07, 6.45) is 5.75. The van der Waals surface area contributed by atoms with Gasteiger partial charge in [-0.1, -0.05) is 50.6 Å². The molecule has 0 bridgehead atoms. The van der Waals surface area contributed by atoms with Crippen LogP contribution in [0.1, 0.15) is 51.5 Å². The molecule has 2 fully saturated rings. The van der Waals surface area contributed by atoms with Gasteiger partial charge in [0.2, 0.25) is 0 Å². The summed E-state index contributed by atoms with van der Waals surface area (Å²) in [5, 5.41) is 10.9. The summed E-state index contributed by atoms with van der Waals surface area (Å²) in [6.45, 7) is 7.14. The lowest BCUT2D eigenvalue weighted by atomic mass is 9.74. The minimum atomic E-state index is -0.150. The Balaban J connectivity index is 1.54. The Hall–Kier alpha value is -0.900. The molecule has 0 amide bonds. The molecule has 0 radical (unpaired) electrons. The van der Waals surface area contributed by atoms with Crippen LogP contribution >= 0.6 is 0 Å². The van der Waals surface area contributed by atoms with Crippen molar-refractivity contribution in [3.05, 3.63) is 35.9 Å². The maximum atomic E-state index is 10.9. The van der Waals surface area contributed by atoms with Crippen LogP contribution in [0.4, 0.5) is 0 Å². The number of piperidine rings is 1. The Bertz CT molecular complexity index is 492. The summed E-state index contributed by atoms with van der Waals surface area (Å²) in [5.74, 6) is 0.810. The van der Waals surface area contributed by atoms with Crippen LogP contribution in [0.25, 0.3) is 0 Å². The highest BCUT2D eigenvalue weighted by molar-refractivity contribution is 5.13. The number of aliphatic hydroxyl groups is 1. The fourth-order valence-corrected chi connectivity index (χ4v) is 4.93. The Morgan fingerprint density at radius 1 is 1.21 bits per heavy atom. The second-order valence-electron chi connectivity index (χ2n) is 7.64. The number of fused-ring (bicyclic) bond motifs is 1. The Morgan fingerprint density at radius 3 is 2.75 bits per heavy atom. The molecule has 0 saturated carbocycles. The van der Waals surface area contributed by atoms with Crippen LogP contribution in [0.15, 0.2) is 30.3 Å². The highest BCUT2D eigenvalue weighted by Crippen LogP contribution is 2.41. The van der Waals surface area contributed by atoms with Gasteiger partial charge in [0.15, 0.2) is 0 Å². The van der Waals surface area contributed by atoms with E-state index < -0.39 is 0 Å². The van der Waals surface area contributed by atoms with E-state index in [9.17, 15) is 5.11 Å². The zero-order valence-electron chi connectivity index (χ0n) is 15.2. The Morgan fingerprint density at radius 2 is 2.00 bits per heavy atom. The monoisotopic (exact) mass is 331 g/mol. The molecule has 5 atom stereocenters. The number of hydrogen-bond acceptors (Lipinski definition) is 3. The summed E-state index contributed by atoms with van der Waals surface area (Å²) in [5.41, 5.74) is 1.23. The van der Waals surface area contributed by atoms with Gasteiger partial charge in [0, 0.05) is 24.6 Å². The van der Waals surface area contributed by atoms with Gasteiger partial charge >= 0.3 is 0 Å². The molecule has 134 valence electrons. The fraction of sp³-hybridized carbons (Fsp3) is 0.714. The van der Waals surface area contributed by atoms with E-state index in [1.807, 2.05) is 6.07 Å². The molecule has 1 N–H and O–H groups in total. The smallest absolute Gasteiger partial charge is 0.0716 e. The number of ether oxygens (including phenoxy) is 1. The van der Waals surface area contributed by atoms with Gasteiger partial charge in [-0.15, -0.1) is 0 Å². The molecule has 3 nitrogen and oxygen atoms in total. The van der Waals surface area contributed by atoms with Crippen molar-refractivity contribution in [2.75, 3.05) is 13.2 Å². The molecule has 0 aliphatic carbocycles. The molecule has 0 spiro atoms.